The minimum Gasteiger partial charge on any atom is -0.444 e. The normalized spacial score (nSPS) is 19.8. The van der Waals surface area contributed by atoms with Crippen molar-refractivity contribution in [1.29, 1.82) is 0 Å². The largest absolute Gasteiger partial charge is 0.444 e. The van der Waals surface area contributed by atoms with E-state index in [4.69, 9.17) is 4.74 Å². The number of piperazine rings is 1. The zero-order valence-corrected chi connectivity index (χ0v) is 12.5. The lowest BCUT2D eigenvalue weighted by Crippen LogP contribution is -2.50. The molecule has 6 heteroatoms. The number of aryl methyl sites for hydroxylation is 1. The van der Waals surface area contributed by atoms with E-state index in [0.717, 1.165) is 17.8 Å². The third-order valence-corrected chi connectivity index (χ3v) is 3.18. The predicted molar refractivity (Wildman–Crippen MR) is 75.3 cm³/mol. The standard InChI is InChI=1S/C14H22N4O2/c1-10-11(7-16-9-17-10)12-8-15-5-6-18(12)13(19)20-14(2,3)4/h7,9,12,15H,5-6,8H2,1-4H3. The number of nitrogens with zero attached hydrogens (tertiary/aromatic N) is 3. The van der Waals surface area contributed by atoms with Gasteiger partial charge in [-0.1, -0.05) is 0 Å². The lowest BCUT2D eigenvalue weighted by molar-refractivity contribution is 0.0117. The molecular weight excluding hydrogens is 256 g/mol. The van der Waals surface area contributed by atoms with Crippen LogP contribution >= 0.6 is 0 Å². The number of ether oxygens (including phenoxy) is 1. The Morgan fingerprint density at radius 1 is 1.50 bits per heavy atom. The van der Waals surface area contributed by atoms with E-state index in [1.165, 1.54) is 6.33 Å². The predicted octanol–water partition coefficient (Wildman–Crippen LogP) is 1.67. The van der Waals surface area contributed by atoms with Crippen LogP contribution < -0.4 is 5.32 Å². The summed E-state index contributed by atoms with van der Waals surface area (Å²) in [5.41, 5.74) is 1.36. The van der Waals surface area contributed by atoms with Crippen molar-refractivity contribution in [3.05, 3.63) is 23.8 Å². The van der Waals surface area contributed by atoms with E-state index in [2.05, 4.69) is 15.3 Å². The van der Waals surface area contributed by atoms with Gasteiger partial charge >= 0.3 is 6.09 Å². The molecule has 0 radical (unpaired) electrons. The molecular formula is C14H22N4O2. The molecule has 1 atom stereocenters. The Morgan fingerprint density at radius 2 is 2.25 bits per heavy atom. The molecule has 1 aromatic rings. The van der Waals surface area contributed by atoms with E-state index >= 15 is 0 Å². The van der Waals surface area contributed by atoms with Gasteiger partial charge in [0.1, 0.15) is 11.9 Å². The number of nitrogens with one attached hydrogen (secondary N) is 1. The molecule has 0 saturated carbocycles. The summed E-state index contributed by atoms with van der Waals surface area (Å²) in [7, 11) is 0. The van der Waals surface area contributed by atoms with E-state index in [-0.39, 0.29) is 12.1 Å². The molecule has 20 heavy (non-hydrogen) atoms. The Balaban J connectivity index is 2.22. The summed E-state index contributed by atoms with van der Waals surface area (Å²) >= 11 is 0. The van der Waals surface area contributed by atoms with Crippen molar-refractivity contribution >= 4 is 6.09 Å². The quantitative estimate of drug-likeness (QED) is 0.846. The third kappa shape index (κ3) is 3.45. The molecule has 0 aliphatic carbocycles. The Morgan fingerprint density at radius 3 is 2.90 bits per heavy atom. The summed E-state index contributed by atoms with van der Waals surface area (Å²) in [5, 5.41) is 3.30. The zero-order valence-electron chi connectivity index (χ0n) is 12.5. The molecule has 0 bridgehead atoms. The summed E-state index contributed by atoms with van der Waals surface area (Å²) in [5.74, 6) is 0. The van der Waals surface area contributed by atoms with E-state index < -0.39 is 5.60 Å². The van der Waals surface area contributed by atoms with Gasteiger partial charge in [0.2, 0.25) is 0 Å². The average molecular weight is 278 g/mol. The molecule has 0 spiro atoms. The number of rotatable bonds is 1. The maximum atomic E-state index is 12.3. The van der Waals surface area contributed by atoms with Crippen LogP contribution in [0, 0.1) is 6.92 Å². The van der Waals surface area contributed by atoms with Gasteiger partial charge in [0, 0.05) is 37.1 Å². The van der Waals surface area contributed by atoms with E-state index in [0.29, 0.717) is 13.1 Å². The van der Waals surface area contributed by atoms with Crippen molar-refractivity contribution in [2.24, 2.45) is 0 Å². The SMILES string of the molecule is Cc1ncncc1C1CNCCN1C(=O)OC(C)(C)C. The van der Waals surface area contributed by atoms with E-state index in [1.807, 2.05) is 27.7 Å². The molecule has 1 saturated heterocycles. The topological polar surface area (TPSA) is 67.4 Å². The second-order valence-corrected chi connectivity index (χ2v) is 5.96. The fourth-order valence-corrected chi connectivity index (χ4v) is 2.25. The summed E-state index contributed by atoms with van der Waals surface area (Å²) in [4.78, 5) is 22.4. The second kappa shape index (κ2) is 5.75. The van der Waals surface area contributed by atoms with Crippen LogP contribution in [0.3, 0.4) is 0 Å². The number of carbonyl (C=O) groups is 1. The molecule has 2 rings (SSSR count). The number of amides is 1. The van der Waals surface area contributed by atoms with Gasteiger partial charge < -0.3 is 10.1 Å². The van der Waals surface area contributed by atoms with Gasteiger partial charge in [-0.15, -0.1) is 0 Å². The molecule has 110 valence electrons. The maximum absolute atomic E-state index is 12.3. The lowest BCUT2D eigenvalue weighted by Gasteiger charge is -2.37. The first-order chi connectivity index (χ1) is 9.38. The van der Waals surface area contributed by atoms with Crippen molar-refractivity contribution < 1.29 is 9.53 Å². The molecule has 1 unspecified atom stereocenters. The minimum atomic E-state index is -0.491. The van der Waals surface area contributed by atoms with Crippen molar-refractivity contribution in [3.8, 4) is 0 Å². The van der Waals surface area contributed by atoms with Gasteiger partial charge in [-0.25, -0.2) is 14.8 Å². The van der Waals surface area contributed by atoms with Crippen molar-refractivity contribution in [1.82, 2.24) is 20.2 Å². The number of aromatic nitrogens is 2. The van der Waals surface area contributed by atoms with Crippen LogP contribution in [0.5, 0.6) is 0 Å². The van der Waals surface area contributed by atoms with Crippen LogP contribution in [0.1, 0.15) is 38.1 Å². The summed E-state index contributed by atoms with van der Waals surface area (Å²) in [6.45, 7) is 9.62. The highest BCUT2D eigenvalue weighted by molar-refractivity contribution is 5.69. The van der Waals surface area contributed by atoms with Gasteiger partial charge in [-0.05, 0) is 27.7 Å². The summed E-state index contributed by atoms with van der Waals surface area (Å²) in [6.07, 6.45) is 3.01. The third-order valence-electron chi connectivity index (χ3n) is 3.18. The highest BCUT2D eigenvalue weighted by Crippen LogP contribution is 2.25. The van der Waals surface area contributed by atoms with Crippen molar-refractivity contribution in [2.45, 2.75) is 39.3 Å². The monoisotopic (exact) mass is 278 g/mol. The number of hydrogen-bond acceptors (Lipinski definition) is 5. The second-order valence-electron chi connectivity index (χ2n) is 5.96. The number of carbonyl (C=O) groups excluding carboxylic acids is 1. The molecule has 1 aromatic heterocycles. The Bertz CT molecular complexity index is 484. The zero-order chi connectivity index (χ0) is 14.8. The van der Waals surface area contributed by atoms with Gasteiger partial charge in [-0.2, -0.15) is 0 Å². The molecule has 2 heterocycles. The van der Waals surface area contributed by atoms with E-state index in [9.17, 15) is 4.79 Å². The number of hydrogen-bond donors (Lipinski definition) is 1. The summed E-state index contributed by atoms with van der Waals surface area (Å²) < 4.78 is 5.49. The average Bonchev–Trinajstić information content (AvgIpc) is 2.37. The van der Waals surface area contributed by atoms with Crippen LogP contribution in [-0.2, 0) is 4.74 Å². The van der Waals surface area contributed by atoms with Gasteiger partial charge in [0.05, 0.1) is 6.04 Å². The lowest BCUT2D eigenvalue weighted by atomic mass is 10.0. The summed E-state index contributed by atoms with van der Waals surface area (Å²) in [6, 6.07) is -0.0835. The van der Waals surface area contributed by atoms with Crippen LogP contribution in [0.25, 0.3) is 0 Å². The Kier molecular flexibility index (Phi) is 4.23. The highest BCUT2D eigenvalue weighted by atomic mass is 16.6. The Hall–Kier alpha value is -1.69. The van der Waals surface area contributed by atoms with Crippen LogP contribution in [0.4, 0.5) is 4.79 Å². The first kappa shape index (κ1) is 14.7. The molecule has 6 nitrogen and oxygen atoms in total. The van der Waals surface area contributed by atoms with Gasteiger partial charge in [0.15, 0.2) is 0 Å². The minimum absolute atomic E-state index is 0.0835. The fourth-order valence-electron chi connectivity index (χ4n) is 2.25. The smallest absolute Gasteiger partial charge is 0.410 e. The van der Waals surface area contributed by atoms with Crippen molar-refractivity contribution in [3.63, 3.8) is 0 Å². The van der Waals surface area contributed by atoms with Gasteiger partial charge in [0.25, 0.3) is 0 Å². The van der Waals surface area contributed by atoms with Crippen LogP contribution in [0.15, 0.2) is 12.5 Å². The first-order valence-electron chi connectivity index (χ1n) is 6.85. The van der Waals surface area contributed by atoms with Crippen LogP contribution in [-0.4, -0.2) is 46.2 Å². The van der Waals surface area contributed by atoms with E-state index in [1.54, 1.807) is 11.1 Å². The molecule has 1 fully saturated rings. The molecule has 1 N–H and O–H groups in total. The molecule has 1 aliphatic heterocycles. The van der Waals surface area contributed by atoms with Crippen LogP contribution in [0.2, 0.25) is 0 Å². The van der Waals surface area contributed by atoms with Gasteiger partial charge in [-0.3, -0.25) is 4.90 Å². The Labute approximate surface area is 119 Å². The molecule has 1 aliphatic rings. The molecule has 1 amide bonds. The van der Waals surface area contributed by atoms with Crippen molar-refractivity contribution in [2.75, 3.05) is 19.6 Å². The fraction of sp³-hybridized carbons (Fsp3) is 0.643. The first-order valence-corrected chi connectivity index (χ1v) is 6.85. The maximum Gasteiger partial charge on any atom is 0.410 e. The molecule has 0 aromatic carbocycles. The highest BCUT2D eigenvalue weighted by Gasteiger charge is 2.32.